The van der Waals surface area contributed by atoms with Gasteiger partial charge in [-0.15, -0.1) is 0 Å². The van der Waals surface area contributed by atoms with Gasteiger partial charge in [0.1, 0.15) is 5.75 Å². The number of benzene rings is 2. The number of carbonyl (C=O) groups excluding carboxylic acids is 1. The number of hydrogen-bond donors (Lipinski definition) is 1. The van der Waals surface area contributed by atoms with E-state index < -0.39 is 18.6 Å². The fourth-order valence-corrected chi connectivity index (χ4v) is 5.37. The molecule has 0 bridgehead atoms. The molecule has 8 nitrogen and oxygen atoms in total. The van der Waals surface area contributed by atoms with Crippen LogP contribution in [0.3, 0.4) is 0 Å². The highest BCUT2D eigenvalue weighted by atomic mass is 35.5. The lowest BCUT2D eigenvalue weighted by molar-refractivity contribution is -0.139. The van der Waals surface area contributed by atoms with Gasteiger partial charge < -0.3 is 14.7 Å². The first-order valence-electron chi connectivity index (χ1n) is 11.7. The summed E-state index contributed by atoms with van der Waals surface area (Å²) in [5.74, 6) is -0.800. The molecule has 0 aliphatic carbocycles. The highest BCUT2D eigenvalue weighted by molar-refractivity contribution is 7.07. The zero-order valence-corrected chi connectivity index (χ0v) is 22.2. The molecule has 4 rings (SSSR count). The standard InChI is InChI=1S/C27H26ClN3O5S/c1-4-30(5-2)26(35)23-16(3)29-27-31(24(23)18-8-10-19(28)11-9-18)25(34)21(37-27)14-17-6-12-20(13-7-17)36-15-22(32)33/h6-14,24H,4-5,15H2,1-3H3,(H,32,33)/b21-14+/t24-/m0/s1. The normalized spacial score (nSPS) is 15.2. The smallest absolute Gasteiger partial charge is 0.341 e. The molecule has 0 unspecified atom stereocenters. The summed E-state index contributed by atoms with van der Waals surface area (Å²) in [5, 5.41) is 9.33. The number of halogens is 1. The topological polar surface area (TPSA) is 101 Å². The molecule has 1 aliphatic heterocycles. The fraction of sp³-hybridized carbons (Fsp3) is 0.259. The lowest BCUT2D eigenvalue weighted by Gasteiger charge is -2.29. The Hall–Kier alpha value is -3.69. The zero-order valence-electron chi connectivity index (χ0n) is 20.6. The third-order valence-corrected chi connectivity index (χ3v) is 7.26. The van der Waals surface area contributed by atoms with Crippen molar-refractivity contribution < 1.29 is 19.4 Å². The number of aromatic nitrogens is 1. The minimum atomic E-state index is -1.06. The molecule has 1 amide bonds. The molecule has 10 heteroatoms. The first-order valence-corrected chi connectivity index (χ1v) is 12.9. The fourth-order valence-electron chi connectivity index (χ4n) is 4.19. The van der Waals surface area contributed by atoms with Crippen molar-refractivity contribution in [2.75, 3.05) is 19.7 Å². The Morgan fingerprint density at radius 3 is 2.38 bits per heavy atom. The molecule has 0 saturated heterocycles. The Morgan fingerprint density at radius 2 is 1.78 bits per heavy atom. The van der Waals surface area contributed by atoms with Gasteiger partial charge in [0, 0.05) is 18.1 Å². The van der Waals surface area contributed by atoms with Crippen molar-refractivity contribution in [1.82, 2.24) is 9.47 Å². The van der Waals surface area contributed by atoms with Gasteiger partial charge in [-0.2, -0.15) is 0 Å². The average molecular weight is 540 g/mol. The number of carbonyl (C=O) groups is 2. The van der Waals surface area contributed by atoms with Crippen LogP contribution in [0.15, 0.2) is 69.6 Å². The molecule has 192 valence electrons. The molecule has 0 spiro atoms. The highest BCUT2D eigenvalue weighted by Gasteiger charge is 2.34. The predicted molar refractivity (Wildman–Crippen MR) is 143 cm³/mol. The Labute approximate surface area is 222 Å². The Morgan fingerprint density at radius 1 is 1.14 bits per heavy atom. The molecule has 2 aromatic carbocycles. The molecule has 0 saturated carbocycles. The van der Waals surface area contributed by atoms with Crippen LogP contribution in [-0.4, -0.2) is 46.1 Å². The van der Waals surface area contributed by atoms with E-state index in [0.717, 1.165) is 11.1 Å². The molecule has 1 aliphatic rings. The van der Waals surface area contributed by atoms with Crippen molar-refractivity contribution >= 4 is 40.9 Å². The van der Waals surface area contributed by atoms with E-state index in [4.69, 9.17) is 21.4 Å². The summed E-state index contributed by atoms with van der Waals surface area (Å²) < 4.78 is 7.21. The zero-order chi connectivity index (χ0) is 26.7. The van der Waals surface area contributed by atoms with Gasteiger partial charge in [0.25, 0.3) is 11.5 Å². The second-order valence-electron chi connectivity index (χ2n) is 8.36. The number of likely N-dealkylation sites (N-methyl/N-ethyl adjacent to an activating group) is 1. The van der Waals surface area contributed by atoms with Crippen LogP contribution >= 0.6 is 22.9 Å². The number of nitrogens with zero attached hydrogens (tertiary/aromatic N) is 3. The molecule has 3 aromatic rings. The van der Waals surface area contributed by atoms with Crippen LogP contribution in [-0.2, 0) is 9.59 Å². The van der Waals surface area contributed by atoms with Gasteiger partial charge in [0.2, 0.25) is 0 Å². The molecule has 0 fully saturated rings. The van der Waals surface area contributed by atoms with E-state index in [9.17, 15) is 14.4 Å². The Balaban J connectivity index is 1.83. The lowest BCUT2D eigenvalue weighted by Crippen LogP contribution is -2.43. The maximum atomic E-state index is 13.7. The van der Waals surface area contributed by atoms with Gasteiger partial charge in [0.15, 0.2) is 11.4 Å². The predicted octanol–water partition coefficient (Wildman–Crippen LogP) is 3.22. The Bertz CT molecular complexity index is 1530. The highest BCUT2D eigenvalue weighted by Crippen LogP contribution is 2.31. The van der Waals surface area contributed by atoms with E-state index in [1.54, 1.807) is 58.9 Å². The van der Waals surface area contributed by atoms with E-state index >= 15 is 0 Å². The molecule has 1 N–H and O–H groups in total. The molecule has 37 heavy (non-hydrogen) atoms. The monoisotopic (exact) mass is 539 g/mol. The third kappa shape index (κ3) is 5.52. The van der Waals surface area contributed by atoms with Crippen molar-refractivity contribution in [1.29, 1.82) is 0 Å². The second-order valence-corrected chi connectivity index (χ2v) is 9.81. The number of aliphatic carboxylic acids is 1. The number of allylic oxidation sites excluding steroid dienone is 1. The van der Waals surface area contributed by atoms with E-state index in [2.05, 4.69) is 4.99 Å². The number of amides is 1. The van der Waals surface area contributed by atoms with E-state index in [1.165, 1.54) is 11.3 Å². The van der Waals surface area contributed by atoms with Crippen molar-refractivity contribution in [3.05, 3.63) is 95.6 Å². The third-order valence-electron chi connectivity index (χ3n) is 6.03. The molecular formula is C27H26ClN3O5S. The van der Waals surface area contributed by atoms with Crippen LogP contribution in [0.25, 0.3) is 6.08 Å². The molecule has 0 radical (unpaired) electrons. The summed E-state index contributed by atoms with van der Waals surface area (Å²) in [6.07, 6.45) is 1.74. The largest absolute Gasteiger partial charge is 0.482 e. The quantitative estimate of drug-likeness (QED) is 0.473. The van der Waals surface area contributed by atoms with Crippen molar-refractivity contribution in [2.45, 2.75) is 26.8 Å². The van der Waals surface area contributed by atoms with Crippen LogP contribution in [0, 0.1) is 0 Å². The number of ether oxygens (including phenoxy) is 1. The van der Waals surface area contributed by atoms with Crippen molar-refractivity contribution in [3.63, 3.8) is 0 Å². The number of rotatable bonds is 8. The van der Waals surface area contributed by atoms with Gasteiger partial charge in [-0.1, -0.05) is 47.2 Å². The molecule has 1 atom stereocenters. The first kappa shape index (κ1) is 26.4. The van der Waals surface area contributed by atoms with Gasteiger partial charge in [0.05, 0.1) is 21.8 Å². The van der Waals surface area contributed by atoms with E-state index in [-0.39, 0.29) is 11.5 Å². The van der Waals surface area contributed by atoms with E-state index in [0.29, 0.717) is 44.5 Å². The summed E-state index contributed by atoms with van der Waals surface area (Å²) in [4.78, 5) is 44.9. The van der Waals surface area contributed by atoms with Crippen molar-refractivity contribution in [3.8, 4) is 5.75 Å². The Kier molecular flexibility index (Phi) is 7.94. The SMILES string of the molecule is CCN(CC)C(=O)C1=C(C)N=c2s/c(=C/c3ccc(OCC(=O)O)cc3)c(=O)n2[C@H]1c1ccc(Cl)cc1. The lowest BCUT2D eigenvalue weighted by atomic mass is 9.94. The van der Waals surface area contributed by atoms with Gasteiger partial charge in [-0.3, -0.25) is 14.2 Å². The number of fused-ring (bicyclic) bond motifs is 1. The van der Waals surface area contributed by atoms with Crippen LogP contribution in [0.1, 0.15) is 37.9 Å². The number of hydrogen-bond acceptors (Lipinski definition) is 6. The summed E-state index contributed by atoms with van der Waals surface area (Å²) in [6, 6.07) is 13.3. The number of thiazole rings is 1. The number of carboxylic acids is 1. The van der Waals surface area contributed by atoms with Gasteiger partial charge >= 0.3 is 5.97 Å². The minimum Gasteiger partial charge on any atom is -0.482 e. The summed E-state index contributed by atoms with van der Waals surface area (Å²) in [5.41, 5.74) is 2.29. The van der Waals surface area contributed by atoms with Crippen LogP contribution in [0.5, 0.6) is 5.75 Å². The van der Waals surface area contributed by atoms with Gasteiger partial charge in [-0.05, 0) is 62.2 Å². The number of carboxylic acid groups (broad SMARTS) is 1. The summed E-state index contributed by atoms with van der Waals surface area (Å²) in [7, 11) is 0. The molecule has 2 heterocycles. The van der Waals surface area contributed by atoms with Gasteiger partial charge in [-0.25, -0.2) is 9.79 Å². The molecular weight excluding hydrogens is 514 g/mol. The van der Waals surface area contributed by atoms with Crippen LogP contribution in [0.2, 0.25) is 5.02 Å². The maximum absolute atomic E-state index is 13.7. The van der Waals surface area contributed by atoms with Crippen molar-refractivity contribution in [2.24, 2.45) is 4.99 Å². The maximum Gasteiger partial charge on any atom is 0.341 e. The summed E-state index contributed by atoms with van der Waals surface area (Å²) in [6.45, 7) is 6.28. The van der Waals surface area contributed by atoms with Crippen LogP contribution < -0.4 is 19.6 Å². The second kappa shape index (κ2) is 11.1. The summed E-state index contributed by atoms with van der Waals surface area (Å²) >= 11 is 7.38. The minimum absolute atomic E-state index is 0.155. The van der Waals surface area contributed by atoms with Crippen LogP contribution in [0.4, 0.5) is 0 Å². The van der Waals surface area contributed by atoms with E-state index in [1.807, 2.05) is 26.0 Å². The average Bonchev–Trinajstić information content (AvgIpc) is 3.18. The first-order chi connectivity index (χ1) is 17.7. The molecule has 1 aromatic heterocycles.